The number of benzene rings is 1. The largest absolute Gasteiger partial charge is 0.573 e. The number of anilines is 1. The molecule has 1 atom stereocenters. The minimum Gasteiger partial charge on any atom is -0.406 e. The van der Waals surface area contributed by atoms with Crippen LogP contribution in [0.1, 0.15) is 35.8 Å². The first-order valence-electron chi connectivity index (χ1n) is 8.59. The monoisotopic (exact) mass is 396 g/mol. The third kappa shape index (κ3) is 4.69. The van der Waals surface area contributed by atoms with Crippen molar-refractivity contribution in [3.8, 4) is 5.75 Å². The Hall–Kier alpha value is -2.88. The molecule has 1 aromatic carbocycles. The van der Waals surface area contributed by atoms with Gasteiger partial charge in [-0.1, -0.05) is 12.1 Å². The lowest BCUT2D eigenvalue weighted by molar-refractivity contribution is -0.274. The van der Waals surface area contributed by atoms with Gasteiger partial charge in [0.2, 0.25) is 0 Å². The highest BCUT2D eigenvalue weighted by molar-refractivity contribution is 6.02. The molecule has 28 heavy (non-hydrogen) atoms. The maximum atomic E-state index is 12.3. The number of rotatable bonds is 7. The number of aliphatic hydroxyl groups excluding tert-OH is 1. The smallest absolute Gasteiger partial charge is 0.406 e. The Morgan fingerprint density at radius 3 is 2.57 bits per heavy atom. The van der Waals surface area contributed by atoms with Crippen molar-refractivity contribution in [2.24, 2.45) is 5.92 Å². The lowest BCUT2D eigenvalue weighted by Crippen LogP contribution is -2.26. The molecule has 1 saturated carbocycles. The quantitative estimate of drug-likeness (QED) is 0.538. The van der Waals surface area contributed by atoms with E-state index in [1.54, 1.807) is 6.92 Å². The van der Waals surface area contributed by atoms with Crippen LogP contribution < -0.4 is 15.6 Å². The highest BCUT2D eigenvalue weighted by Crippen LogP contribution is 2.43. The molecule has 1 heterocycles. The van der Waals surface area contributed by atoms with Crippen molar-refractivity contribution in [2.75, 3.05) is 11.9 Å². The van der Waals surface area contributed by atoms with Crippen LogP contribution in [-0.2, 0) is 0 Å². The number of aryl methyl sites for hydroxylation is 1. The third-order valence-electron chi connectivity index (χ3n) is 4.36. The number of hydrogen-bond acceptors (Lipinski definition) is 6. The fourth-order valence-corrected chi connectivity index (χ4v) is 2.98. The first kappa shape index (κ1) is 19.9. The van der Waals surface area contributed by atoms with Crippen molar-refractivity contribution in [1.82, 2.24) is 9.97 Å². The van der Waals surface area contributed by atoms with E-state index in [2.05, 4.69) is 20.0 Å². The molecule has 0 aliphatic heterocycles. The van der Waals surface area contributed by atoms with Gasteiger partial charge in [-0.05, 0) is 43.4 Å². The summed E-state index contributed by atoms with van der Waals surface area (Å²) in [4.78, 5) is 19.0. The summed E-state index contributed by atoms with van der Waals surface area (Å²) in [6.45, 7) is 0.967. The fourth-order valence-electron chi connectivity index (χ4n) is 2.98. The highest BCUT2D eigenvalue weighted by Gasteiger charge is 2.34. The summed E-state index contributed by atoms with van der Waals surface area (Å²) >= 11 is 0. The van der Waals surface area contributed by atoms with Gasteiger partial charge in [-0.25, -0.2) is 4.98 Å². The van der Waals surface area contributed by atoms with E-state index in [0.717, 1.165) is 12.8 Å². The summed E-state index contributed by atoms with van der Waals surface area (Å²) < 4.78 is 40.9. The van der Waals surface area contributed by atoms with Gasteiger partial charge in [0.15, 0.2) is 0 Å². The summed E-state index contributed by atoms with van der Waals surface area (Å²) in [6.07, 6.45) is -2.94. The predicted octanol–water partition coefficient (Wildman–Crippen LogP) is 2.90. The molecule has 150 valence electrons. The first-order chi connectivity index (χ1) is 13.2. The molecule has 0 amide bonds. The zero-order valence-corrected chi connectivity index (χ0v) is 14.9. The zero-order chi connectivity index (χ0) is 20.5. The van der Waals surface area contributed by atoms with Gasteiger partial charge in [-0.15, -0.1) is 13.2 Å². The second-order valence-electron chi connectivity index (χ2n) is 6.59. The molecule has 1 aromatic heterocycles. The van der Waals surface area contributed by atoms with Crippen LogP contribution in [0.2, 0.25) is 0 Å². The second kappa shape index (κ2) is 7.63. The van der Waals surface area contributed by atoms with Crippen molar-refractivity contribution in [1.29, 1.82) is 5.41 Å². The molecule has 0 saturated heterocycles. The fraction of sp³-hybridized carbons (Fsp3) is 0.389. The molecule has 1 unspecified atom stereocenters. The van der Waals surface area contributed by atoms with Gasteiger partial charge < -0.3 is 25.6 Å². The molecular formula is C18H19F3N4O3. The minimum absolute atomic E-state index is 0.0595. The van der Waals surface area contributed by atoms with E-state index in [9.17, 15) is 23.1 Å². The summed E-state index contributed by atoms with van der Waals surface area (Å²) in [5.74, 6) is 0.392. The Kier molecular flexibility index (Phi) is 5.41. The number of aromatic nitrogens is 2. The topological polar surface area (TPSA) is 111 Å². The van der Waals surface area contributed by atoms with Crippen molar-refractivity contribution in [3.63, 3.8) is 0 Å². The number of hydrogen-bond donors (Lipinski definition) is 4. The lowest BCUT2D eigenvalue weighted by atomic mass is 10.0. The summed E-state index contributed by atoms with van der Waals surface area (Å²) in [5.41, 5.74) is -0.175. The number of alkyl halides is 3. The van der Waals surface area contributed by atoms with Crippen LogP contribution in [0.4, 0.5) is 19.0 Å². The highest BCUT2D eigenvalue weighted by atomic mass is 19.4. The summed E-state index contributed by atoms with van der Waals surface area (Å²) in [7, 11) is 0. The van der Waals surface area contributed by atoms with Crippen molar-refractivity contribution < 1.29 is 23.0 Å². The van der Waals surface area contributed by atoms with Crippen LogP contribution in [0.15, 0.2) is 29.1 Å². The lowest BCUT2D eigenvalue weighted by Gasteiger charge is -2.21. The zero-order valence-electron chi connectivity index (χ0n) is 14.9. The SMILES string of the molecule is Cc1nc(NC(c2ccc(OC(F)(F)F)cc2)C2CC2)c(C(=N)CO)c(=O)[nH]1. The molecule has 1 aliphatic rings. The van der Waals surface area contributed by atoms with E-state index >= 15 is 0 Å². The molecule has 0 bridgehead atoms. The number of aromatic amines is 1. The Bertz CT molecular complexity index is 921. The Balaban J connectivity index is 1.91. The van der Waals surface area contributed by atoms with E-state index < -0.39 is 18.5 Å². The van der Waals surface area contributed by atoms with Crippen molar-refractivity contribution in [2.45, 2.75) is 32.2 Å². The molecule has 7 nitrogen and oxygen atoms in total. The Morgan fingerprint density at radius 1 is 1.39 bits per heavy atom. The molecule has 0 radical (unpaired) electrons. The number of nitrogens with zero attached hydrogens (tertiary/aromatic N) is 1. The predicted molar refractivity (Wildman–Crippen MR) is 95.7 cm³/mol. The molecule has 0 spiro atoms. The average Bonchev–Trinajstić information content (AvgIpc) is 3.43. The van der Waals surface area contributed by atoms with Gasteiger partial charge in [0.25, 0.3) is 5.56 Å². The molecule has 2 aromatic rings. The summed E-state index contributed by atoms with van der Waals surface area (Å²) in [5, 5.41) is 20.2. The number of nitrogens with one attached hydrogen (secondary N) is 3. The second-order valence-corrected chi connectivity index (χ2v) is 6.59. The van der Waals surface area contributed by atoms with E-state index in [-0.39, 0.29) is 34.8 Å². The standard InChI is InChI=1S/C18H19F3N4O3/c1-9-23-16(14(13(22)8-26)17(27)24-9)25-15(10-2-3-10)11-4-6-12(7-5-11)28-18(19,20)21/h4-7,10,15,22,26H,2-3,8H2,1H3,(H2,23,24,25,27). The minimum atomic E-state index is -4.76. The van der Waals surface area contributed by atoms with Gasteiger partial charge in [0, 0.05) is 0 Å². The molecule has 4 N–H and O–H groups in total. The van der Waals surface area contributed by atoms with Gasteiger partial charge in [0.05, 0.1) is 18.4 Å². The maximum absolute atomic E-state index is 12.3. The van der Waals surface area contributed by atoms with E-state index in [1.807, 2.05) is 0 Å². The van der Waals surface area contributed by atoms with E-state index in [1.165, 1.54) is 24.3 Å². The number of ether oxygens (including phenoxy) is 1. The van der Waals surface area contributed by atoms with E-state index in [4.69, 9.17) is 5.41 Å². The normalized spacial score (nSPS) is 15.2. The number of H-pyrrole nitrogens is 1. The van der Waals surface area contributed by atoms with Crippen molar-refractivity contribution >= 4 is 11.5 Å². The molecule has 3 rings (SSSR count). The van der Waals surface area contributed by atoms with Crippen LogP contribution in [0.3, 0.4) is 0 Å². The van der Waals surface area contributed by atoms with Crippen LogP contribution in [-0.4, -0.2) is 33.8 Å². The molecule has 1 fully saturated rings. The molecular weight excluding hydrogens is 377 g/mol. The number of aliphatic hydroxyl groups is 1. The number of halogens is 3. The van der Waals surface area contributed by atoms with Crippen molar-refractivity contribution in [3.05, 3.63) is 51.6 Å². The van der Waals surface area contributed by atoms with Crippen LogP contribution >= 0.6 is 0 Å². The molecule has 1 aliphatic carbocycles. The van der Waals surface area contributed by atoms with Gasteiger partial charge in [-0.2, -0.15) is 0 Å². The Labute approximate surface area is 158 Å². The first-order valence-corrected chi connectivity index (χ1v) is 8.59. The van der Waals surface area contributed by atoms with Gasteiger partial charge >= 0.3 is 6.36 Å². The average molecular weight is 396 g/mol. The Morgan fingerprint density at radius 2 is 2.04 bits per heavy atom. The van der Waals surface area contributed by atoms with Crippen LogP contribution in [0, 0.1) is 18.3 Å². The van der Waals surface area contributed by atoms with Gasteiger partial charge in [0.1, 0.15) is 23.0 Å². The van der Waals surface area contributed by atoms with Gasteiger partial charge in [-0.3, -0.25) is 4.79 Å². The maximum Gasteiger partial charge on any atom is 0.573 e. The van der Waals surface area contributed by atoms with Crippen LogP contribution in [0.25, 0.3) is 0 Å². The van der Waals surface area contributed by atoms with E-state index in [0.29, 0.717) is 11.4 Å². The molecule has 10 heteroatoms. The summed E-state index contributed by atoms with van der Waals surface area (Å²) in [6, 6.07) is 5.20. The van der Waals surface area contributed by atoms with Crippen LogP contribution in [0.5, 0.6) is 5.75 Å². The third-order valence-corrected chi connectivity index (χ3v) is 4.36.